The highest BCUT2D eigenvalue weighted by Gasteiger charge is 2.49. The molecule has 2 atom stereocenters. The molecular weight excluding hydrogens is 332 g/mol. The van der Waals surface area contributed by atoms with Crippen molar-refractivity contribution >= 4 is 29.2 Å². The maximum atomic E-state index is 13.3. The number of hydrogen-bond donors (Lipinski definition) is 0. The number of methoxy groups -OCH3 is 1. The molecule has 6 nitrogen and oxygen atoms in total. The molecule has 0 aliphatic carbocycles. The van der Waals surface area contributed by atoms with Crippen molar-refractivity contribution in [3.63, 3.8) is 0 Å². The summed E-state index contributed by atoms with van der Waals surface area (Å²) in [6.07, 6.45) is 0.597. The van der Waals surface area contributed by atoms with Crippen LogP contribution in [0.3, 0.4) is 0 Å². The molecule has 2 unspecified atom stereocenters. The molecule has 0 saturated carbocycles. The van der Waals surface area contributed by atoms with Gasteiger partial charge in [0.2, 0.25) is 5.91 Å². The van der Waals surface area contributed by atoms with E-state index in [0.717, 1.165) is 16.9 Å². The maximum absolute atomic E-state index is 13.3. The van der Waals surface area contributed by atoms with Crippen LogP contribution in [0.25, 0.3) is 0 Å². The molecule has 2 heterocycles. The van der Waals surface area contributed by atoms with Crippen molar-refractivity contribution in [1.82, 2.24) is 4.90 Å². The van der Waals surface area contributed by atoms with Gasteiger partial charge in [-0.25, -0.2) is 4.79 Å². The first kappa shape index (κ1) is 16.3. The molecule has 0 radical (unpaired) electrons. The molecule has 2 amide bonds. The van der Waals surface area contributed by atoms with Crippen LogP contribution in [0.1, 0.15) is 24.4 Å². The molecule has 0 aromatic heterocycles. The minimum atomic E-state index is -0.814. The molecule has 1 fully saturated rings. The number of likely N-dealkylation sites (tertiary alicyclic amines) is 1. The topological polar surface area (TPSA) is 66.9 Å². The van der Waals surface area contributed by atoms with Crippen molar-refractivity contribution in [1.29, 1.82) is 0 Å². The van der Waals surface area contributed by atoms with Gasteiger partial charge in [0.15, 0.2) is 0 Å². The third-order valence-electron chi connectivity index (χ3n) is 4.95. The fourth-order valence-electron chi connectivity index (χ4n) is 3.80. The predicted octanol–water partition coefficient (Wildman–Crippen LogP) is 2.57. The predicted molar refractivity (Wildman–Crippen MR) is 94.7 cm³/mol. The number of ether oxygens (including phenoxy) is 1. The number of fused-ring (bicyclic) bond motifs is 1. The lowest BCUT2D eigenvalue weighted by molar-refractivity contribution is -0.152. The second-order valence-corrected chi connectivity index (χ2v) is 6.35. The molecular formula is C20H18N2O4. The summed E-state index contributed by atoms with van der Waals surface area (Å²) in [5.74, 6) is -0.927. The standard InChI is InChI=1S/C20H18N2O4/c1-26-20(25)16-11-12-17(23)22(16)18-14-9-5-6-10-15(14)21(19(18)24)13-7-3-2-4-8-13/h2-10,16,18H,11-12H2,1H3. The van der Waals surface area contributed by atoms with E-state index in [9.17, 15) is 14.4 Å². The van der Waals surface area contributed by atoms with Crippen LogP contribution >= 0.6 is 0 Å². The Kier molecular flexibility index (Phi) is 3.95. The second kappa shape index (κ2) is 6.29. The lowest BCUT2D eigenvalue weighted by Crippen LogP contribution is -2.45. The van der Waals surface area contributed by atoms with E-state index in [2.05, 4.69) is 0 Å². The van der Waals surface area contributed by atoms with Crippen molar-refractivity contribution in [2.75, 3.05) is 12.0 Å². The Bertz CT molecular complexity index is 880. The van der Waals surface area contributed by atoms with Crippen LogP contribution in [0, 0.1) is 0 Å². The molecule has 4 rings (SSSR count). The SMILES string of the molecule is COC(=O)C1CCC(=O)N1C1C(=O)N(c2ccccc2)c2ccccc21. The normalized spacial score (nSPS) is 21.9. The second-order valence-electron chi connectivity index (χ2n) is 6.35. The molecule has 132 valence electrons. The maximum Gasteiger partial charge on any atom is 0.328 e. The lowest BCUT2D eigenvalue weighted by atomic mass is 10.1. The van der Waals surface area contributed by atoms with Crippen molar-refractivity contribution < 1.29 is 19.1 Å². The summed E-state index contributed by atoms with van der Waals surface area (Å²) in [5.41, 5.74) is 2.19. The fourth-order valence-corrected chi connectivity index (χ4v) is 3.80. The average molecular weight is 350 g/mol. The zero-order chi connectivity index (χ0) is 18.3. The fraction of sp³-hybridized carbons (Fsp3) is 0.250. The van der Waals surface area contributed by atoms with Crippen LogP contribution in [0.4, 0.5) is 11.4 Å². The Morgan fingerprint density at radius 1 is 1.04 bits per heavy atom. The summed E-state index contributed by atoms with van der Waals surface area (Å²) in [4.78, 5) is 41.0. The van der Waals surface area contributed by atoms with E-state index in [-0.39, 0.29) is 18.2 Å². The molecule has 1 saturated heterocycles. The number of rotatable bonds is 3. The molecule has 26 heavy (non-hydrogen) atoms. The van der Waals surface area contributed by atoms with Crippen LogP contribution < -0.4 is 4.90 Å². The summed E-state index contributed by atoms with van der Waals surface area (Å²) >= 11 is 0. The van der Waals surface area contributed by atoms with Gasteiger partial charge in [-0.1, -0.05) is 36.4 Å². The van der Waals surface area contributed by atoms with E-state index in [4.69, 9.17) is 4.74 Å². The monoisotopic (exact) mass is 350 g/mol. The zero-order valence-corrected chi connectivity index (χ0v) is 14.3. The number of carbonyl (C=O) groups excluding carboxylic acids is 3. The van der Waals surface area contributed by atoms with E-state index in [1.165, 1.54) is 12.0 Å². The number of esters is 1. The summed E-state index contributed by atoms with van der Waals surface area (Å²) in [6, 6.07) is 15.1. The molecule has 6 heteroatoms. The summed E-state index contributed by atoms with van der Waals surface area (Å²) < 4.78 is 4.85. The first-order valence-electron chi connectivity index (χ1n) is 8.50. The Hall–Kier alpha value is -3.15. The summed E-state index contributed by atoms with van der Waals surface area (Å²) in [5, 5.41) is 0. The van der Waals surface area contributed by atoms with Crippen molar-refractivity contribution in [3.05, 3.63) is 60.2 Å². The van der Waals surface area contributed by atoms with Gasteiger partial charge >= 0.3 is 5.97 Å². The molecule has 0 spiro atoms. The molecule has 0 bridgehead atoms. The lowest BCUT2D eigenvalue weighted by Gasteiger charge is -2.28. The molecule has 2 aromatic rings. The highest BCUT2D eigenvalue weighted by Crippen LogP contribution is 2.45. The number of hydrogen-bond acceptors (Lipinski definition) is 4. The number of carbonyl (C=O) groups is 3. The first-order valence-corrected chi connectivity index (χ1v) is 8.50. The van der Waals surface area contributed by atoms with Gasteiger partial charge in [-0.05, 0) is 24.6 Å². The Labute approximate surface area is 151 Å². The van der Waals surface area contributed by atoms with E-state index in [1.807, 2.05) is 54.6 Å². The van der Waals surface area contributed by atoms with Gasteiger partial charge in [-0.2, -0.15) is 0 Å². The van der Waals surface area contributed by atoms with E-state index in [0.29, 0.717) is 6.42 Å². The largest absolute Gasteiger partial charge is 0.467 e. The zero-order valence-electron chi connectivity index (χ0n) is 14.3. The summed E-state index contributed by atoms with van der Waals surface area (Å²) in [7, 11) is 1.30. The number of para-hydroxylation sites is 2. The smallest absolute Gasteiger partial charge is 0.328 e. The van der Waals surface area contributed by atoms with Crippen LogP contribution in [0.15, 0.2) is 54.6 Å². The first-order chi connectivity index (χ1) is 12.6. The van der Waals surface area contributed by atoms with Crippen molar-refractivity contribution in [2.24, 2.45) is 0 Å². The van der Waals surface area contributed by atoms with Crippen LogP contribution in [-0.4, -0.2) is 35.8 Å². The van der Waals surface area contributed by atoms with Crippen LogP contribution in [0.2, 0.25) is 0 Å². The molecule has 2 aliphatic heterocycles. The van der Waals surface area contributed by atoms with Gasteiger partial charge in [0.1, 0.15) is 12.1 Å². The van der Waals surface area contributed by atoms with Gasteiger partial charge in [0.05, 0.1) is 12.8 Å². The quantitative estimate of drug-likeness (QED) is 0.798. The van der Waals surface area contributed by atoms with Gasteiger partial charge in [-0.3, -0.25) is 14.5 Å². The molecule has 2 aromatic carbocycles. The molecule has 2 aliphatic rings. The van der Waals surface area contributed by atoms with Crippen molar-refractivity contribution in [2.45, 2.75) is 24.9 Å². The third kappa shape index (κ3) is 2.37. The molecule has 0 N–H and O–H groups in total. The average Bonchev–Trinajstić information content (AvgIpc) is 3.18. The highest BCUT2D eigenvalue weighted by atomic mass is 16.5. The summed E-state index contributed by atoms with van der Waals surface area (Å²) in [6.45, 7) is 0. The Morgan fingerprint density at radius 2 is 1.73 bits per heavy atom. The van der Waals surface area contributed by atoms with Gasteiger partial charge < -0.3 is 9.64 Å². The van der Waals surface area contributed by atoms with Gasteiger partial charge in [-0.15, -0.1) is 0 Å². The minimum Gasteiger partial charge on any atom is -0.467 e. The van der Waals surface area contributed by atoms with Crippen LogP contribution in [-0.2, 0) is 19.1 Å². The van der Waals surface area contributed by atoms with E-state index >= 15 is 0 Å². The van der Waals surface area contributed by atoms with Crippen molar-refractivity contribution in [3.8, 4) is 0 Å². The van der Waals surface area contributed by atoms with Crippen LogP contribution in [0.5, 0.6) is 0 Å². The Balaban J connectivity index is 1.81. The number of nitrogens with zero attached hydrogens (tertiary/aromatic N) is 2. The number of anilines is 2. The Morgan fingerprint density at radius 3 is 2.46 bits per heavy atom. The third-order valence-corrected chi connectivity index (χ3v) is 4.95. The highest BCUT2D eigenvalue weighted by molar-refractivity contribution is 6.11. The number of benzene rings is 2. The van der Waals surface area contributed by atoms with Gasteiger partial charge in [0.25, 0.3) is 5.91 Å². The van der Waals surface area contributed by atoms with E-state index in [1.54, 1.807) is 4.90 Å². The van der Waals surface area contributed by atoms with Gasteiger partial charge in [0, 0.05) is 17.7 Å². The minimum absolute atomic E-state index is 0.205. The van der Waals surface area contributed by atoms with E-state index < -0.39 is 18.1 Å². The number of amides is 2.